The van der Waals surface area contributed by atoms with Crippen LogP contribution in [0, 0.1) is 5.82 Å². The van der Waals surface area contributed by atoms with E-state index in [4.69, 9.17) is 4.74 Å². The normalized spacial score (nSPS) is 11.0. The summed E-state index contributed by atoms with van der Waals surface area (Å²) in [5, 5.41) is 0. The van der Waals surface area contributed by atoms with Gasteiger partial charge in [0.1, 0.15) is 17.4 Å². The zero-order valence-corrected chi connectivity index (χ0v) is 13.9. The number of nitrogens with zero attached hydrogens (tertiary/aromatic N) is 3. The van der Waals surface area contributed by atoms with E-state index in [0.717, 1.165) is 0 Å². The Morgan fingerprint density at radius 1 is 1.19 bits per heavy atom. The molecule has 0 bridgehead atoms. The van der Waals surface area contributed by atoms with Crippen LogP contribution in [-0.4, -0.2) is 26.6 Å². The highest BCUT2D eigenvalue weighted by molar-refractivity contribution is 5.73. The molecule has 0 aliphatic carbocycles. The van der Waals surface area contributed by atoms with E-state index in [9.17, 15) is 9.18 Å². The van der Waals surface area contributed by atoms with Crippen molar-refractivity contribution in [1.29, 1.82) is 0 Å². The molecule has 2 aromatic carbocycles. The molecule has 2 aromatic heterocycles. The maximum atomic E-state index is 13.9. The summed E-state index contributed by atoms with van der Waals surface area (Å²) < 4.78 is 20.7. The lowest BCUT2D eigenvalue weighted by molar-refractivity contribution is 0.415. The third-order valence-electron chi connectivity index (χ3n) is 4.12. The van der Waals surface area contributed by atoms with Gasteiger partial charge in [-0.15, -0.1) is 0 Å². The molecule has 0 spiro atoms. The van der Waals surface area contributed by atoms with Crippen LogP contribution < -0.4 is 10.3 Å². The maximum absolute atomic E-state index is 13.9. The number of aromatic nitrogens is 4. The van der Waals surface area contributed by atoms with Crippen LogP contribution in [0.2, 0.25) is 0 Å². The summed E-state index contributed by atoms with van der Waals surface area (Å²) in [5.74, 6) is 0.736. The van der Waals surface area contributed by atoms with E-state index >= 15 is 0 Å². The molecule has 0 radical (unpaired) electrons. The monoisotopic (exact) mass is 350 g/mol. The topological polar surface area (TPSA) is 72.8 Å². The molecule has 0 aliphatic heterocycles. The lowest BCUT2D eigenvalue weighted by atomic mass is 10.2. The van der Waals surface area contributed by atoms with Crippen molar-refractivity contribution in [1.82, 2.24) is 19.5 Å². The second-order valence-electron chi connectivity index (χ2n) is 5.78. The minimum atomic E-state index is -0.332. The number of methoxy groups -OCH3 is 1. The number of benzene rings is 2. The average molecular weight is 350 g/mol. The third-order valence-corrected chi connectivity index (χ3v) is 4.12. The highest BCUT2D eigenvalue weighted by Crippen LogP contribution is 2.21. The van der Waals surface area contributed by atoms with Crippen LogP contribution in [0.5, 0.6) is 5.75 Å². The zero-order chi connectivity index (χ0) is 18.1. The number of hydrogen-bond donors (Lipinski definition) is 1. The minimum Gasteiger partial charge on any atom is -0.497 e. The second kappa shape index (κ2) is 6.44. The lowest BCUT2D eigenvalue weighted by Gasteiger charge is -2.06. The Balaban J connectivity index is 1.78. The van der Waals surface area contributed by atoms with Crippen LogP contribution in [0.4, 0.5) is 4.39 Å². The van der Waals surface area contributed by atoms with Gasteiger partial charge in [-0.05, 0) is 18.2 Å². The number of hydrogen-bond acceptors (Lipinski definition) is 4. The molecule has 0 aliphatic rings. The van der Waals surface area contributed by atoms with Gasteiger partial charge in [-0.25, -0.2) is 14.4 Å². The van der Waals surface area contributed by atoms with Gasteiger partial charge in [0.05, 0.1) is 20.0 Å². The molecule has 130 valence electrons. The molecule has 2 heterocycles. The number of aromatic amines is 1. The predicted molar refractivity (Wildman–Crippen MR) is 95.6 cm³/mol. The fourth-order valence-electron chi connectivity index (χ4n) is 2.82. The summed E-state index contributed by atoms with van der Waals surface area (Å²) in [5.41, 5.74) is 1.47. The zero-order valence-electron chi connectivity index (χ0n) is 13.9. The number of ether oxygens (including phenoxy) is 1. The molecule has 26 heavy (non-hydrogen) atoms. The summed E-state index contributed by atoms with van der Waals surface area (Å²) in [6, 6.07) is 13.7. The molecule has 0 fully saturated rings. The van der Waals surface area contributed by atoms with Crippen LogP contribution in [-0.2, 0) is 6.54 Å². The summed E-state index contributed by atoms with van der Waals surface area (Å²) in [6.07, 6.45) is 1.49. The van der Waals surface area contributed by atoms with Crippen LogP contribution in [0.3, 0.4) is 0 Å². The number of H-pyrrole nitrogens is 1. The number of rotatable bonds is 4. The molecular formula is C19H15FN4O2. The number of nitrogens with one attached hydrogen (secondary N) is 1. The third kappa shape index (κ3) is 2.83. The van der Waals surface area contributed by atoms with Gasteiger partial charge >= 0.3 is 0 Å². The molecule has 0 saturated heterocycles. The van der Waals surface area contributed by atoms with Gasteiger partial charge in [0.15, 0.2) is 11.2 Å². The fourth-order valence-corrected chi connectivity index (χ4v) is 2.82. The highest BCUT2D eigenvalue weighted by Gasteiger charge is 2.13. The van der Waals surface area contributed by atoms with Crippen molar-refractivity contribution in [3.05, 3.63) is 76.6 Å². The SMILES string of the molecule is COc1cccc(-c2nc3ncn(Cc4ccccc4F)c3c(=O)[nH]2)c1. The Morgan fingerprint density at radius 3 is 2.85 bits per heavy atom. The molecule has 1 N–H and O–H groups in total. The quantitative estimate of drug-likeness (QED) is 0.614. The van der Waals surface area contributed by atoms with Crippen molar-refractivity contribution < 1.29 is 9.13 Å². The van der Waals surface area contributed by atoms with Gasteiger partial charge in [-0.1, -0.05) is 30.3 Å². The Morgan fingerprint density at radius 2 is 2.04 bits per heavy atom. The van der Waals surface area contributed by atoms with E-state index in [1.807, 2.05) is 18.2 Å². The van der Waals surface area contributed by atoms with Crippen molar-refractivity contribution >= 4 is 11.2 Å². The first-order valence-corrected chi connectivity index (χ1v) is 7.98. The number of fused-ring (bicyclic) bond motifs is 1. The molecular weight excluding hydrogens is 335 g/mol. The van der Waals surface area contributed by atoms with Crippen LogP contribution in [0.1, 0.15) is 5.56 Å². The Bertz CT molecular complexity index is 1150. The van der Waals surface area contributed by atoms with Crippen LogP contribution in [0.15, 0.2) is 59.7 Å². The van der Waals surface area contributed by atoms with Crippen molar-refractivity contribution in [2.75, 3.05) is 7.11 Å². The highest BCUT2D eigenvalue weighted by atomic mass is 19.1. The van der Waals surface area contributed by atoms with E-state index < -0.39 is 0 Å². The first-order valence-electron chi connectivity index (χ1n) is 7.98. The van der Waals surface area contributed by atoms with Gasteiger partial charge in [0.25, 0.3) is 5.56 Å². The van der Waals surface area contributed by atoms with Crippen molar-refractivity contribution in [3.63, 3.8) is 0 Å². The van der Waals surface area contributed by atoms with Gasteiger partial charge in [-0.2, -0.15) is 0 Å². The van der Waals surface area contributed by atoms with Crippen molar-refractivity contribution in [3.8, 4) is 17.1 Å². The summed E-state index contributed by atoms with van der Waals surface area (Å²) in [6.45, 7) is 0.201. The summed E-state index contributed by atoms with van der Waals surface area (Å²) in [7, 11) is 1.57. The first-order chi connectivity index (χ1) is 12.7. The minimum absolute atomic E-state index is 0.201. The van der Waals surface area contributed by atoms with Gasteiger partial charge in [0.2, 0.25) is 0 Å². The average Bonchev–Trinajstić information content (AvgIpc) is 3.07. The molecule has 7 heteroatoms. The van der Waals surface area contributed by atoms with Gasteiger partial charge in [0, 0.05) is 11.1 Å². The molecule has 6 nitrogen and oxygen atoms in total. The standard InChI is InChI=1S/C19H15FN4O2/c1-26-14-7-4-6-12(9-14)17-22-18-16(19(25)23-17)24(11-21-18)10-13-5-2-3-8-15(13)20/h2-9,11H,10H2,1H3,(H,22,23,25). The van der Waals surface area contributed by atoms with Crippen molar-refractivity contribution in [2.45, 2.75) is 6.54 Å². The van der Waals surface area contributed by atoms with E-state index in [1.165, 1.54) is 12.4 Å². The van der Waals surface area contributed by atoms with Crippen LogP contribution in [0.25, 0.3) is 22.6 Å². The van der Waals surface area contributed by atoms with Gasteiger partial charge in [-0.3, -0.25) is 4.79 Å². The molecule has 4 rings (SSSR count). The Hall–Kier alpha value is -3.48. The molecule has 4 aromatic rings. The second-order valence-corrected chi connectivity index (χ2v) is 5.78. The molecule has 0 saturated carbocycles. The predicted octanol–water partition coefficient (Wildman–Crippen LogP) is 2.98. The van der Waals surface area contributed by atoms with Gasteiger partial charge < -0.3 is 14.3 Å². The fraction of sp³-hybridized carbons (Fsp3) is 0.105. The lowest BCUT2D eigenvalue weighted by Crippen LogP contribution is -2.14. The summed E-state index contributed by atoms with van der Waals surface area (Å²) >= 11 is 0. The number of imidazole rings is 1. The smallest absolute Gasteiger partial charge is 0.277 e. The molecule has 0 unspecified atom stereocenters. The first kappa shape index (κ1) is 16.0. The van der Waals surface area contributed by atoms with E-state index in [2.05, 4.69) is 15.0 Å². The van der Waals surface area contributed by atoms with Crippen molar-refractivity contribution in [2.24, 2.45) is 0 Å². The maximum Gasteiger partial charge on any atom is 0.277 e. The van der Waals surface area contributed by atoms with E-state index in [-0.39, 0.29) is 17.9 Å². The van der Waals surface area contributed by atoms with Crippen LogP contribution >= 0.6 is 0 Å². The Kier molecular flexibility index (Phi) is 3.96. The summed E-state index contributed by atoms with van der Waals surface area (Å²) in [4.78, 5) is 24.0. The number of halogens is 1. The molecule has 0 amide bonds. The van der Waals surface area contributed by atoms with E-state index in [1.54, 1.807) is 35.9 Å². The van der Waals surface area contributed by atoms with E-state index in [0.29, 0.717) is 33.9 Å². The Labute approximate surface area is 147 Å². The largest absolute Gasteiger partial charge is 0.497 e. The molecule has 0 atom stereocenters.